The van der Waals surface area contributed by atoms with Gasteiger partial charge in [-0.15, -0.1) is 0 Å². The maximum atomic E-state index is 11.4. The summed E-state index contributed by atoms with van der Waals surface area (Å²) in [6.07, 6.45) is 3.18. The maximum Gasteiger partial charge on any atom is 0.234 e. The highest BCUT2D eigenvalue weighted by Gasteiger charge is 2.19. The van der Waals surface area contributed by atoms with Crippen LogP contribution in [0.15, 0.2) is 0 Å². The van der Waals surface area contributed by atoms with E-state index >= 15 is 0 Å². The minimum absolute atomic E-state index is 0.0730. The number of hydrogen-bond donors (Lipinski definition) is 2. The van der Waals surface area contributed by atoms with Gasteiger partial charge in [0.1, 0.15) is 0 Å². The zero-order valence-corrected chi connectivity index (χ0v) is 12.2. The molecule has 4 heteroatoms. The van der Waals surface area contributed by atoms with Crippen molar-refractivity contribution in [3.63, 3.8) is 0 Å². The second-order valence-electron chi connectivity index (χ2n) is 5.17. The lowest BCUT2D eigenvalue weighted by Crippen LogP contribution is -2.42. The summed E-state index contributed by atoms with van der Waals surface area (Å²) in [5.41, 5.74) is 0. The van der Waals surface area contributed by atoms with Crippen LogP contribution in [-0.4, -0.2) is 35.5 Å². The van der Waals surface area contributed by atoms with Gasteiger partial charge in [-0.2, -0.15) is 11.8 Å². The highest BCUT2D eigenvalue weighted by atomic mass is 32.2. The lowest BCUT2D eigenvalue weighted by atomic mass is 10.0. The third-order valence-electron chi connectivity index (χ3n) is 2.41. The van der Waals surface area contributed by atoms with Crippen LogP contribution in [-0.2, 0) is 4.79 Å². The smallest absolute Gasteiger partial charge is 0.234 e. The molecule has 1 amide bonds. The first-order chi connectivity index (χ1) is 7.26. The molecule has 0 saturated carbocycles. The first-order valence-electron chi connectivity index (χ1n) is 5.84. The number of amides is 1. The van der Waals surface area contributed by atoms with Crippen molar-refractivity contribution < 1.29 is 4.79 Å². The van der Waals surface area contributed by atoms with Crippen LogP contribution in [0.5, 0.6) is 0 Å². The molecular formula is C12H26N2OS. The molecule has 0 aromatic carbocycles. The molecule has 0 bridgehead atoms. The van der Waals surface area contributed by atoms with Gasteiger partial charge >= 0.3 is 0 Å². The van der Waals surface area contributed by atoms with Gasteiger partial charge in [0.25, 0.3) is 0 Å². The van der Waals surface area contributed by atoms with E-state index in [0.717, 1.165) is 6.42 Å². The summed E-state index contributed by atoms with van der Waals surface area (Å²) in [5.74, 6) is 0.0730. The van der Waals surface area contributed by atoms with Crippen LogP contribution in [0, 0.1) is 0 Å². The quantitative estimate of drug-likeness (QED) is 0.722. The van der Waals surface area contributed by atoms with Gasteiger partial charge in [-0.25, -0.2) is 0 Å². The van der Waals surface area contributed by atoms with Gasteiger partial charge in [0, 0.05) is 16.8 Å². The van der Waals surface area contributed by atoms with E-state index in [1.54, 1.807) is 0 Å². The number of hydrogen-bond acceptors (Lipinski definition) is 3. The van der Waals surface area contributed by atoms with Crippen LogP contribution in [0.3, 0.4) is 0 Å². The molecule has 0 aromatic heterocycles. The molecule has 0 aliphatic rings. The van der Waals surface area contributed by atoms with Crippen LogP contribution >= 0.6 is 11.8 Å². The number of rotatable bonds is 7. The van der Waals surface area contributed by atoms with Gasteiger partial charge in [-0.3, -0.25) is 4.79 Å². The molecule has 96 valence electrons. The van der Waals surface area contributed by atoms with Gasteiger partial charge in [0.15, 0.2) is 0 Å². The van der Waals surface area contributed by atoms with E-state index in [9.17, 15) is 4.79 Å². The highest BCUT2D eigenvalue weighted by Crippen LogP contribution is 2.26. The zero-order chi connectivity index (χ0) is 12.8. The third-order valence-corrected chi connectivity index (χ3v) is 3.68. The Morgan fingerprint density at radius 2 is 1.88 bits per heavy atom. The molecule has 0 aromatic rings. The minimum atomic E-state index is 0.0730. The summed E-state index contributed by atoms with van der Waals surface area (Å²) in [7, 11) is 0. The predicted molar refractivity (Wildman–Crippen MR) is 73.0 cm³/mol. The summed E-state index contributed by atoms with van der Waals surface area (Å²) < 4.78 is 0.265. The Hall–Kier alpha value is -0.220. The molecule has 0 fully saturated rings. The first-order valence-corrected chi connectivity index (χ1v) is 7.07. The van der Waals surface area contributed by atoms with E-state index in [2.05, 4.69) is 37.7 Å². The molecule has 1 atom stereocenters. The second-order valence-corrected chi connectivity index (χ2v) is 6.69. The van der Waals surface area contributed by atoms with Crippen molar-refractivity contribution in [3.05, 3.63) is 0 Å². The van der Waals surface area contributed by atoms with Crippen LogP contribution < -0.4 is 10.6 Å². The zero-order valence-electron chi connectivity index (χ0n) is 11.4. The fraction of sp³-hybridized carbons (Fsp3) is 0.917. The Balaban J connectivity index is 3.81. The van der Waals surface area contributed by atoms with Gasteiger partial charge < -0.3 is 10.6 Å². The number of nitrogens with one attached hydrogen (secondary N) is 2. The Morgan fingerprint density at radius 1 is 1.31 bits per heavy atom. The summed E-state index contributed by atoms with van der Waals surface area (Å²) in [5, 5.41) is 6.12. The topological polar surface area (TPSA) is 41.1 Å². The van der Waals surface area contributed by atoms with Crippen LogP contribution in [0.2, 0.25) is 0 Å². The van der Waals surface area contributed by atoms with Crippen molar-refractivity contribution in [3.8, 4) is 0 Å². The molecule has 2 N–H and O–H groups in total. The van der Waals surface area contributed by atoms with E-state index < -0.39 is 0 Å². The van der Waals surface area contributed by atoms with Crippen molar-refractivity contribution in [2.75, 3.05) is 12.8 Å². The monoisotopic (exact) mass is 246 g/mol. The highest BCUT2D eigenvalue weighted by molar-refractivity contribution is 7.99. The minimum Gasteiger partial charge on any atom is -0.353 e. The van der Waals surface area contributed by atoms with Gasteiger partial charge in [0.2, 0.25) is 5.91 Å². The van der Waals surface area contributed by atoms with E-state index in [0.29, 0.717) is 12.6 Å². The molecule has 0 aliphatic carbocycles. The fourth-order valence-electron chi connectivity index (χ4n) is 1.53. The standard InChI is InChI=1S/C12H26N2OS/c1-9(2)14-11(15)8-13-10(3)7-12(4,5)16-6/h9-10,13H,7-8H2,1-6H3,(H,14,15)/t10-/m0/s1. The van der Waals surface area contributed by atoms with Crippen LogP contribution in [0.25, 0.3) is 0 Å². The third kappa shape index (κ3) is 7.99. The normalized spacial score (nSPS) is 13.9. The van der Waals surface area contributed by atoms with Crippen molar-refractivity contribution in [2.24, 2.45) is 0 Å². The van der Waals surface area contributed by atoms with Crippen molar-refractivity contribution in [1.82, 2.24) is 10.6 Å². The summed E-state index contributed by atoms with van der Waals surface area (Å²) in [6.45, 7) is 10.9. The second kappa shape index (κ2) is 7.17. The molecule has 16 heavy (non-hydrogen) atoms. The fourth-order valence-corrected chi connectivity index (χ4v) is 1.95. The summed E-state index contributed by atoms with van der Waals surface area (Å²) >= 11 is 1.86. The van der Waals surface area contributed by atoms with Gasteiger partial charge in [-0.1, -0.05) is 13.8 Å². The summed E-state index contributed by atoms with van der Waals surface area (Å²) in [4.78, 5) is 11.4. The number of carbonyl (C=O) groups is 1. The van der Waals surface area contributed by atoms with Gasteiger partial charge in [0.05, 0.1) is 6.54 Å². The van der Waals surface area contributed by atoms with E-state index in [1.807, 2.05) is 25.6 Å². The Kier molecular flexibility index (Phi) is 7.07. The van der Waals surface area contributed by atoms with Crippen molar-refractivity contribution in [1.29, 1.82) is 0 Å². The van der Waals surface area contributed by atoms with Crippen molar-refractivity contribution >= 4 is 17.7 Å². The molecule has 0 aliphatic heterocycles. The summed E-state index contributed by atoms with van der Waals surface area (Å²) in [6, 6.07) is 0.576. The molecule has 0 spiro atoms. The average molecular weight is 246 g/mol. The molecule has 0 unspecified atom stereocenters. The lowest BCUT2D eigenvalue weighted by Gasteiger charge is -2.26. The first kappa shape index (κ1) is 15.8. The Morgan fingerprint density at radius 3 is 2.31 bits per heavy atom. The average Bonchev–Trinajstić information content (AvgIpc) is 2.13. The van der Waals surface area contributed by atoms with E-state index in [4.69, 9.17) is 0 Å². The predicted octanol–water partition coefficient (Wildman–Crippen LogP) is 2.02. The maximum absolute atomic E-state index is 11.4. The Bertz CT molecular complexity index is 217. The molecular weight excluding hydrogens is 220 g/mol. The number of carbonyl (C=O) groups excluding carboxylic acids is 1. The van der Waals surface area contributed by atoms with Crippen LogP contribution in [0.1, 0.15) is 41.0 Å². The molecule has 0 radical (unpaired) electrons. The van der Waals surface area contributed by atoms with Crippen molar-refractivity contribution in [2.45, 2.75) is 57.9 Å². The van der Waals surface area contributed by atoms with Crippen LogP contribution in [0.4, 0.5) is 0 Å². The van der Waals surface area contributed by atoms with E-state index in [-0.39, 0.29) is 16.7 Å². The van der Waals surface area contributed by atoms with Gasteiger partial charge in [-0.05, 0) is 33.4 Å². The largest absolute Gasteiger partial charge is 0.353 e. The SMILES string of the molecule is CSC(C)(C)C[C@H](C)NCC(=O)NC(C)C. The molecule has 3 nitrogen and oxygen atoms in total. The number of thioether (sulfide) groups is 1. The molecule has 0 rings (SSSR count). The molecule has 0 heterocycles. The van der Waals surface area contributed by atoms with E-state index in [1.165, 1.54) is 0 Å². The lowest BCUT2D eigenvalue weighted by molar-refractivity contribution is -0.120. The Labute approximate surface area is 104 Å². The molecule has 0 saturated heterocycles.